The summed E-state index contributed by atoms with van der Waals surface area (Å²) in [6.07, 6.45) is 0. The van der Waals surface area contributed by atoms with Gasteiger partial charge >= 0.3 is 29.6 Å². The van der Waals surface area contributed by atoms with Gasteiger partial charge in [0, 0.05) is 18.8 Å². The number of hydrogen-bond donors (Lipinski definition) is 0. The van der Waals surface area contributed by atoms with Crippen molar-refractivity contribution in [3.05, 3.63) is 48.5 Å². The predicted molar refractivity (Wildman–Crippen MR) is 88.6 cm³/mol. The molecule has 0 aliphatic rings. The van der Waals surface area contributed by atoms with Gasteiger partial charge in [-0.15, -0.1) is 0 Å². The van der Waals surface area contributed by atoms with E-state index in [0.29, 0.717) is 11.4 Å². The molecule has 6 nitrogen and oxygen atoms in total. The molecule has 0 spiro atoms. The Balaban J connectivity index is 0.00000288. The Kier molecular flexibility index (Phi) is 8.05. The summed E-state index contributed by atoms with van der Waals surface area (Å²) in [4.78, 5) is 1.95. The van der Waals surface area contributed by atoms with Crippen molar-refractivity contribution < 1.29 is 42.5 Å². The van der Waals surface area contributed by atoms with Gasteiger partial charge in [0.1, 0.15) is 10.1 Å². The van der Waals surface area contributed by atoms with Crippen LogP contribution in [-0.2, 0) is 10.1 Å². The van der Waals surface area contributed by atoms with Crippen LogP contribution in [0, 0.1) is 0 Å². The number of benzene rings is 2. The first kappa shape index (κ1) is 20.8. The molecular formula is C16H18N3NaO3S. The van der Waals surface area contributed by atoms with Gasteiger partial charge in [0.2, 0.25) is 0 Å². The summed E-state index contributed by atoms with van der Waals surface area (Å²) in [6, 6.07) is 13.0. The number of rotatable bonds is 6. The van der Waals surface area contributed by atoms with Gasteiger partial charge in [-0.1, -0.05) is 0 Å². The molecule has 0 bridgehead atoms. The fourth-order valence-electron chi connectivity index (χ4n) is 2.11. The van der Waals surface area contributed by atoms with E-state index in [4.69, 9.17) is 0 Å². The van der Waals surface area contributed by atoms with E-state index in [1.165, 1.54) is 24.3 Å². The molecule has 2 aromatic rings. The molecule has 0 heterocycles. The zero-order chi connectivity index (χ0) is 16.9. The van der Waals surface area contributed by atoms with Gasteiger partial charge in [0.15, 0.2) is 0 Å². The zero-order valence-electron chi connectivity index (χ0n) is 14.0. The first-order chi connectivity index (χ1) is 10.9. The van der Waals surface area contributed by atoms with E-state index in [0.717, 1.165) is 18.8 Å². The normalized spacial score (nSPS) is 11.3. The van der Waals surface area contributed by atoms with Crippen molar-refractivity contribution in [3.8, 4) is 0 Å². The van der Waals surface area contributed by atoms with Gasteiger partial charge in [-0.2, -0.15) is 10.2 Å². The van der Waals surface area contributed by atoms with Gasteiger partial charge < -0.3 is 9.45 Å². The summed E-state index contributed by atoms with van der Waals surface area (Å²) in [6.45, 7) is 6.07. The van der Waals surface area contributed by atoms with Crippen LogP contribution in [-0.4, -0.2) is 26.1 Å². The molecule has 2 rings (SSSR count). The van der Waals surface area contributed by atoms with Crippen LogP contribution in [0.4, 0.5) is 17.1 Å². The Labute approximate surface area is 164 Å². The first-order valence-electron chi connectivity index (χ1n) is 7.26. The van der Waals surface area contributed by atoms with Gasteiger partial charge in [-0.3, -0.25) is 0 Å². The monoisotopic (exact) mass is 355 g/mol. The topological polar surface area (TPSA) is 85.2 Å². The number of anilines is 1. The maximum atomic E-state index is 10.8. The Morgan fingerprint density at radius 3 is 1.67 bits per heavy atom. The van der Waals surface area contributed by atoms with Gasteiger partial charge in [0.05, 0.1) is 16.3 Å². The minimum Gasteiger partial charge on any atom is -0.744 e. The summed E-state index contributed by atoms with van der Waals surface area (Å²) >= 11 is 0. The Morgan fingerprint density at radius 1 is 0.875 bits per heavy atom. The van der Waals surface area contributed by atoms with E-state index in [1.807, 2.05) is 24.3 Å². The molecule has 0 fully saturated rings. The molecule has 0 radical (unpaired) electrons. The fraction of sp³-hybridized carbons (Fsp3) is 0.250. The molecule has 0 N–H and O–H groups in total. The quantitative estimate of drug-likeness (QED) is 0.437. The summed E-state index contributed by atoms with van der Waals surface area (Å²) in [5.74, 6) is 0. The molecule has 2 aromatic carbocycles. The third kappa shape index (κ3) is 5.68. The number of nitrogens with zero attached hydrogens (tertiary/aromatic N) is 3. The average molecular weight is 355 g/mol. The van der Waals surface area contributed by atoms with Crippen molar-refractivity contribution in [2.24, 2.45) is 10.2 Å². The molecule has 0 atom stereocenters. The van der Waals surface area contributed by atoms with E-state index in [2.05, 4.69) is 29.0 Å². The standard InChI is InChI=1S/C16H19N3O3S.Na/c1-3-19(4-2)15-9-5-13(6-10-15)17-18-14-7-11-16(12-8-14)23(20,21)22;/h5-12H,3-4H2,1-2H3,(H,20,21,22);/q;+1/p-1/b18-17+;. The number of hydrogen-bond acceptors (Lipinski definition) is 6. The minimum absolute atomic E-state index is 0. The SMILES string of the molecule is CCN(CC)c1ccc(/N=N/c2ccc(S(=O)(=O)[O-])cc2)cc1.[Na+]. The molecule has 122 valence electrons. The predicted octanol–water partition coefficient (Wildman–Crippen LogP) is 0.856. The van der Waals surface area contributed by atoms with Gasteiger partial charge in [-0.25, -0.2) is 8.42 Å². The molecule has 0 saturated carbocycles. The smallest absolute Gasteiger partial charge is 0.744 e. The molecule has 0 aliphatic heterocycles. The van der Waals surface area contributed by atoms with E-state index in [-0.39, 0.29) is 34.5 Å². The minimum atomic E-state index is -4.43. The Bertz CT molecular complexity index is 771. The van der Waals surface area contributed by atoms with Crippen LogP contribution in [0.25, 0.3) is 0 Å². The molecule has 0 aliphatic carbocycles. The zero-order valence-corrected chi connectivity index (χ0v) is 16.8. The van der Waals surface area contributed by atoms with E-state index in [9.17, 15) is 13.0 Å². The number of azo groups is 1. The van der Waals surface area contributed by atoms with Crippen LogP contribution in [0.3, 0.4) is 0 Å². The molecule has 0 amide bonds. The third-order valence-corrected chi connectivity index (χ3v) is 4.23. The summed E-state index contributed by atoms with van der Waals surface area (Å²) in [5, 5.41) is 8.13. The molecule has 24 heavy (non-hydrogen) atoms. The molecular weight excluding hydrogens is 337 g/mol. The molecule has 8 heteroatoms. The van der Waals surface area contributed by atoms with Gasteiger partial charge in [-0.05, 0) is 62.4 Å². The van der Waals surface area contributed by atoms with Crippen molar-refractivity contribution in [1.82, 2.24) is 0 Å². The average Bonchev–Trinajstić information content (AvgIpc) is 2.55. The van der Waals surface area contributed by atoms with Crippen LogP contribution in [0.15, 0.2) is 63.7 Å². The second-order valence-corrected chi connectivity index (χ2v) is 6.22. The Hall–Kier alpha value is -1.25. The summed E-state index contributed by atoms with van der Waals surface area (Å²) in [7, 11) is -4.43. The van der Waals surface area contributed by atoms with Crippen molar-refractivity contribution in [1.29, 1.82) is 0 Å². The summed E-state index contributed by atoms with van der Waals surface area (Å²) < 4.78 is 32.5. The van der Waals surface area contributed by atoms with Crippen LogP contribution < -0.4 is 34.5 Å². The summed E-state index contributed by atoms with van der Waals surface area (Å²) in [5.41, 5.74) is 2.30. The van der Waals surface area contributed by atoms with E-state index >= 15 is 0 Å². The van der Waals surface area contributed by atoms with Crippen LogP contribution in [0.2, 0.25) is 0 Å². The second kappa shape index (κ2) is 9.29. The largest absolute Gasteiger partial charge is 1.00 e. The molecule has 0 unspecified atom stereocenters. The first-order valence-corrected chi connectivity index (χ1v) is 8.67. The van der Waals surface area contributed by atoms with Crippen molar-refractivity contribution in [3.63, 3.8) is 0 Å². The fourth-order valence-corrected chi connectivity index (χ4v) is 2.58. The van der Waals surface area contributed by atoms with Crippen LogP contribution >= 0.6 is 0 Å². The third-order valence-electron chi connectivity index (χ3n) is 3.38. The maximum absolute atomic E-state index is 10.8. The molecule has 0 saturated heterocycles. The van der Waals surface area contributed by atoms with Crippen molar-refractivity contribution in [2.75, 3.05) is 18.0 Å². The van der Waals surface area contributed by atoms with Gasteiger partial charge in [0.25, 0.3) is 0 Å². The van der Waals surface area contributed by atoms with Crippen molar-refractivity contribution in [2.45, 2.75) is 18.7 Å². The van der Waals surface area contributed by atoms with Crippen LogP contribution in [0.1, 0.15) is 13.8 Å². The second-order valence-electron chi connectivity index (χ2n) is 4.84. The van der Waals surface area contributed by atoms with Crippen molar-refractivity contribution >= 4 is 27.2 Å². The van der Waals surface area contributed by atoms with E-state index < -0.39 is 10.1 Å². The van der Waals surface area contributed by atoms with Crippen LogP contribution in [0.5, 0.6) is 0 Å². The Morgan fingerprint density at radius 2 is 1.29 bits per heavy atom. The van der Waals surface area contributed by atoms with E-state index in [1.54, 1.807) is 0 Å². The molecule has 0 aromatic heterocycles. The maximum Gasteiger partial charge on any atom is 1.00 e.